The highest BCUT2D eigenvalue weighted by molar-refractivity contribution is 7.11. The van der Waals surface area contributed by atoms with Crippen molar-refractivity contribution in [1.82, 2.24) is 9.88 Å². The van der Waals surface area contributed by atoms with Gasteiger partial charge in [0.25, 0.3) is 5.91 Å². The molecule has 0 spiro atoms. The summed E-state index contributed by atoms with van der Waals surface area (Å²) >= 11 is 0.920. The Balaban J connectivity index is 2.81. The maximum Gasteiger partial charge on any atom is 0.355 e. The molecular weight excluding hydrogens is 248 g/mol. The molecule has 1 heterocycles. The Bertz CT molecular complexity index is 400. The predicted octanol–water partition coefficient (Wildman–Crippen LogP) is -0.732. The number of hydrogen-bond donors (Lipinski definition) is 3. The molecule has 0 aliphatic heterocycles. The first kappa shape index (κ1) is 13.6. The van der Waals surface area contributed by atoms with E-state index < -0.39 is 11.9 Å². The SMILES string of the molecule is O=C(O)c1csc(C(=O)N(CCO)CCO)n1. The van der Waals surface area contributed by atoms with Gasteiger partial charge in [0.05, 0.1) is 13.2 Å². The second-order valence-electron chi connectivity index (χ2n) is 3.08. The summed E-state index contributed by atoms with van der Waals surface area (Å²) in [6.07, 6.45) is 0. The van der Waals surface area contributed by atoms with Crippen LogP contribution in [0.1, 0.15) is 20.3 Å². The van der Waals surface area contributed by atoms with Crippen LogP contribution in [0.15, 0.2) is 5.38 Å². The number of carbonyl (C=O) groups is 2. The fourth-order valence-electron chi connectivity index (χ4n) is 1.16. The molecule has 1 aromatic heterocycles. The maximum atomic E-state index is 11.8. The Morgan fingerprint density at radius 2 is 1.88 bits per heavy atom. The molecule has 0 aliphatic rings. The second-order valence-corrected chi connectivity index (χ2v) is 3.94. The molecular formula is C9H12N2O5S. The van der Waals surface area contributed by atoms with Gasteiger partial charge in [-0.3, -0.25) is 4.79 Å². The summed E-state index contributed by atoms with van der Waals surface area (Å²) in [5.41, 5.74) is -0.189. The fraction of sp³-hybridized carbons (Fsp3) is 0.444. The van der Waals surface area contributed by atoms with Gasteiger partial charge in [-0.15, -0.1) is 11.3 Å². The summed E-state index contributed by atoms with van der Waals surface area (Å²) < 4.78 is 0. The molecule has 3 N–H and O–H groups in total. The standard InChI is InChI=1S/C9H12N2O5S/c12-3-1-11(2-4-13)8(14)7-10-6(5-17-7)9(15)16/h5,12-13H,1-4H2,(H,15,16). The summed E-state index contributed by atoms with van der Waals surface area (Å²) in [5.74, 6) is -1.69. The van der Waals surface area contributed by atoms with E-state index >= 15 is 0 Å². The molecule has 7 nitrogen and oxygen atoms in total. The Kier molecular flexibility index (Phi) is 5.01. The van der Waals surface area contributed by atoms with Crippen LogP contribution >= 0.6 is 11.3 Å². The quantitative estimate of drug-likeness (QED) is 0.621. The first-order valence-electron chi connectivity index (χ1n) is 4.80. The number of carbonyl (C=O) groups excluding carboxylic acids is 1. The van der Waals surface area contributed by atoms with Gasteiger partial charge in [0.15, 0.2) is 10.7 Å². The molecule has 17 heavy (non-hydrogen) atoms. The van der Waals surface area contributed by atoms with Gasteiger partial charge in [-0.1, -0.05) is 0 Å². The smallest absolute Gasteiger partial charge is 0.355 e. The highest BCUT2D eigenvalue weighted by Crippen LogP contribution is 2.12. The minimum absolute atomic E-state index is 0.0318. The molecule has 1 aromatic rings. The van der Waals surface area contributed by atoms with Crippen LogP contribution in [-0.2, 0) is 0 Å². The number of rotatable bonds is 6. The van der Waals surface area contributed by atoms with Crippen LogP contribution in [0.3, 0.4) is 0 Å². The Hall–Kier alpha value is -1.51. The monoisotopic (exact) mass is 260 g/mol. The van der Waals surface area contributed by atoms with Crippen LogP contribution < -0.4 is 0 Å². The number of carboxylic acids is 1. The Morgan fingerprint density at radius 1 is 1.29 bits per heavy atom. The molecule has 8 heteroatoms. The van der Waals surface area contributed by atoms with E-state index in [0.29, 0.717) is 0 Å². The molecule has 94 valence electrons. The molecule has 0 fully saturated rings. The van der Waals surface area contributed by atoms with E-state index in [1.54, 1.807) is 0 Å². The third kappa shape index (κ3) is 3.48. The maximum absolute atomic E-state index is 11.8. The van der Waals surface area contributed by atoms with Crippen molar-refractivity contribution < 1.29 is 24.9 Å². The molecule has 0 aliphatic carbocycles. The average molecular weight is 260 g/mol. The largest absolute Gasteiger partial charge is 0.476 e. The van der Waals surface area contributed by atoms with Gasteiger partial charge in [0.1, 0.15) is 0 Å². The van der Waals surface area contributed by atoms with E-state index in [1.807, 2.05) is 0 Å². The molecule has 0 unspecified atom stereocenters. The Labute approximate surface area is 101 Å². The highest BCUT2D eigenvalue weighted by Gasteiger charge is 2.20. The third-order valence-electron chi connectivity index (χ3n) is 1.93. The van der Waals surface area contributed by atoms with Crippen molar-refractivity contribution in [2.24, 2.45) is 0 Å². The number of carboxylic acid groups (broad SMARTS) is 1. The number of nitrogens with zero attached hydrogens (tertiary/aromatic N) is 2. The number of aliphatic hydroxyl groups excluding tert-OH is 2. The average Bonchev–Trinajstić information content (AvgIpc) is 2.77. The molecule has 0 radical (unpaired) electrons. The summed E-state index contributed by atoms with van der Waals surface area (Å²) in [5, 5.41) is 27.5. The van der Waals surface area contributed by atoms with Gasteiger partial charge in [0, 0.05) is 18.5 Å². The van der Waals surface area contributed by atoms with E-state index in [2.05, 4.69) is 4.98 Å². The molecule has 1 amide bonds. The zero-order chi connectivity index (χ0) is 12.8. The van der Waals surface area contributed by atoms with Crippen molar-refractivity contribution in [2.45, 2.75) is 0 Å². The van der Waals surface area contributed by atoms with Gasteiger partial charge >= 0.3 is 5.97 Å². The first-order chi connectivity index (χ1) is 8.10. The zero-order valence-corrected chi connectivity index (χ0v) is 9.68. The van der Waals surface area contributed by atoms with E-state index in [-0.39, 0.29) is 37.0 Å². The number of thiazole rings is 1. The van der Waals surface area contributed by atoms with Crippen molar-refractivity contribution in [3.05, 3.63) is 16.1 Å². The lowest BCUT2D eigenvalue weighted by Crippen LogP contribution is -2.35. The van der Waals surface area contributed by atoms with Crippen LogP contribution in [0.4, 0.5) is 0 Å². The topological polar surface area (TPSA) is 111 Å². The molecule has 0 atom stereocenters. The van der Waals surface area contributed by atoms with Crippen LogP contribution in [0.25, 0.3) is 0 Å². The van der Waals surface area contributed by atoms with E-state index in [4.69, 9.17) is 15.3 Å². The number of aliphatic hydroxyl groups is 2. The van der Waals surface area contributed by atoms with Gasteiger partial charge in [-0.05, 0) is 0 Å². The third-order valence-corrected chi connectivity index (χ3v) is 2.76. The number of hydrogen-bond acceptors (Lipinski definition) is 6. The summed E-state index contributed by atoms with van der Waals surface area (Å²) in [7, 11) is 0. The lowest BCUT2D eigenvalue weighted by atomic mass is 10.4. The first-order valence-corrected chi connectivity index (χ1v) is 5.68. The predicted molar refractivity (Wildman–Crippen MR) is 59.1 cm³/mol. The van der Waals surface area contributed by atoms with Gasteiger partial charge in [-0.25, -0.2) is 9.78 Å². The number of aromatic carboxylic acids is 1. The van der Waals surface area contributed by atoms with E-state index in [0.717, 1.165) is 11.3 Å². The highest BCUT2D eigenvalue weighted by atomic mass is 32.1. The summed E-state index contributed by atoms with van der Waals surface area (Å²) in [4.78, 5) is 27.3. The van der Waals surface area contributed by atoms with Crippen molar-refractivity contribution in [3.63, 3.8) is 0 Å². The normalized spacial score (nSPS) is 10.2. The van der Waals surface area contributed by atoms with Crippen molar-refractivity contribution in [2.75, 3.05) is 26.3 Å². The summed E-state index contributed by atoms with van der Waals surface area (Å²) in [6, 6.07) is 0. The second kappa shape index (κ2) is 6.28. The summed E-state index contributed by atoms with van der Waals surface area (Å²) in [6.45, 7) is -0.325. The van der Waals surface area contributed by atoms with Crippen LogP contribution in [0.5, 0.6) is 0 Å². The molecule has 0 aromatic carbocycles. The molecule has 0 saturated carbocycles. The van der Waals surface area contributed by atoms with Gasteiger partial charge in [0.2, 0.25) is 0 Å². The molecule has 1 rings (SSSR count). The lowest BCUT2D eigenvalue weighted by Gasteiger charge is -2.18. The van der Waals surface area contributed by atoms with Crippen LogP contribution in [0, 0.1) is 0 Å². The van der Waals surface area contributed by atoms with Crippen molar-refractivity contribution in [3.8, 4) is 0 Å². The molecule has 0 bridgehead atoms. The van der Waals surface area contributed by atoms with Crippen LogP contribution in [0.2, 0.25) is 0 Å². The van der Waals surface area contributed by atoms with Crippen molar-refractivity contribution >= 4 is 23.2 Å². The van der Waals surface area contributed by atoms with Crippen molar-refractivity contribution in [1.29, 1.82) is 0 Å². The Morgan fingerprint density at radius 3 is 2.29 bits per heavy atom. The van der Waals surface area contributed by atoms with E-state index in [1.165, 1.54) is 10.3 Å². The fourth-order valence-corrected chi connectivity index (χ4v) is 1.92. The number of aromatic nitrogens is 1. The lowest BCUT2D eigenvalue weighted by molar-refractivity contribution is 0.0681. The van der Waals surface area contributed by atoms with Gasteiger partial charge < -0.3 is 20.2 Å². The number of amides is 1. The van der Waals surface area contributed by atoms with Crippen LogP contribution in [-0.4, -0.2) is 63.4 Å². The molecule has 0 saturated heterocycles. The minimum atomic E-state index is -1.20. The zero-order valence-electron chi connectivity index (χ0n) is 8.87. The van der Waals surface area contributed by atoms with E-state index in [9.17, 15) is 9.59 Å². The van der Waals surface area contributed by atoms with Gasteiger partial charge in [-0.2, -0.15) is 0 Å². The minimum Gasteiger partial charge on any atom is -0.476 e.